The first kappa shape index (κ1) is 16.8. The Morgan fingerprint density at radius 2 is 2.26 bits per heavy atom. The van der Waals surface area contributed by atoms with Gasteiger partial charge in [-0.05, 0) is 32.9 Å². The van der Waals surface area contributed by atoms with Gasteiger partial charge < -0.3 is 4.74 Å². The lowest BCUT2D eigenvalue weighted by molar-refractivity contribution is 0.0585. The lowest BCUT2D eigenvalue weighted by Crippen LogP contribution is -2.37. The molecule has 0 unspecified atom stereocenters. The van der Waals surface area contributed by atoms with Gasteiger partial charge in [0, 0.05) is 6.20 Å². The largest absolute Gasteiger partial charge is 0.443 e. The predicted molar refractivity (Wildman–Crippen MR) is 88.8 cm³/mol. The number of terminal acetylenes is 1. The number of ether oxygens (including phenoxy) is 1. The minimum absolute atomic E-state index is 0.0212. The summed E-state index contributed by atoms with van der Waals surface area (Å²) >= 11 is 6.17. The molecule has 0 N–H and O–H groups in total. The fourth-order valence-corrected chi connectivity index (χ4v) is 2.04. The van der Waals surface area contributed by atoms with E-state index in [-0.39, 0.29) is 11.7 Å². The Bertz CT molecular complexity index is 729. The second-order valence-electron chi connectivity index (χ2n) is 5.73. The van der Waals surface area contributed by atoms with Crippen LogP contribution in [0, 0.1) is 12.3 Å². The zero-order valence-corrected chi connectivity index (χ0v) is 13.9. The molecular formula is C16H17ClN4O2. The molecule has 23 heavy (non-hydrogen) atoms. The first-order valence-electron chi connectivity index (χ1n) is 6.91. The second-order valence-corrected chi connectivity index (χ2v) is 6.09. The van der Waals surface area contributed by atoms with Gasteiger partial charge in [-0.1, -0.05) is 17.5 Å². The maximum Gasteiger partial charge on any atom is 0.415 e. The molecule has 0 aliphatic rings. The smallest absolute Gasteiger partial charge is 0.415 e. The number of halogens is 1. The summed E-state index contributed by atoms with van der Waals surface area (Å²) in [5, 5.41) is 4.34. The lowest BCUT2D eigenvalue weighted by Gasteiger charge is -2.25. The van der Waals surface area contributed by atoms with E-state index in [9.17, 15) is 4.79 Å². The highest BCUT2D eigenvalue weighted by Crippen LogP contribution is 2.27. The van der Waals surface area contributed by atoms with Gasteiger partial charge in [0.2, 0.25) is 0 Å². The van der Waals surface area contributed by atoms with Crippen molar-refractivity contribution in [3.05, 3.63) is 35.9 Å². The van der Waals surface area contributed by atoms with Crippen LogP contribution in [-0.2, 0) is 4.74 Å². The van der Waals surface area contributed by atoms with Crippen LogP contribution in [0.15, 0.2) is 30.7 Å². The van der Waals surface area contributed by atoms with Crippen LogP contribution in [0.4, 0.5) is 10.5 Å². The lowest BCUT2D eigenvalue weighted by atomic mass is 10.2. The van der Waals surface area contributed by atoms with Gasteiger partial charge in [-0.25, -0.2) is 9.48 Å². The molecule has 6 nitrogen and oxygen atoms in total. The summed E-state index contributed by atoms with van der Waals surface area (Å²) in [7, 11) is 0. The zero-order chi connectivity index (χ0) is 17.0. The Morgan fingerprint density at radius 1 is 1.52 bits per heavy atom. The molecule has 0 radical (unpaired) electrons. The fraction of sp³-hybridized carbons (Fsp3) is 0.312. The maximum atomic E-state index is 12.3. The van der Waals surface area contributed by atoms with Crippen LogP contribution in [0.1, 0.15) is 20.8 Å². The third-order valence-electron chi connectivity index (χ3n) is 2.72. The number of pyridine rings is 1. The van der Waals surface area contributed by atoms with Crippen LogP contribution in [0.3, 0.4) is 0 Å². The highest BCUT2D eigenvalue weighted by Gasteiger charge is 2.26. The molecule has 0 aliphatic heterocycles. The summed E-state index contributed by atoms with van der Waals surface area (Å²) in [4.78, 5) is 17.6. The fourth-order valence-electron chi connectivity index (χ4n) is 1.80. The Labute approximate surface area is 140 Å². The summed E-state index contributed by atoms with van der Waals surface area (Å²) in [5.41, 5.74) is 0.448. The van der Waals surface area contributed by atoms with E-state index in [4.69, 9.17) is 22.8 Å². The Balaban J connectivity index is 2.35. The molecule has 0 bridgehead atoms. The van der Waals surface area contributed by atoms with Crippen molar-refractivity contribution in [2.75, 3.05) is 11.4 Å². The number of hydrogen-bond donors (Lipinski definition) is 0. The molecule has 7 heteroatoms. The van der Waals surface area contributed by atoms with Crippen LogP contribution in [-0.4, -0.2) is 33.0 Å². The molecule has 0 fully saturated rings. The average molecular weight is 333 g/mol. The first-order valence-corrected chi connectivity index (χ1v) is 7.29. The summed E-state index contributed by atoms with van der Waals surface area (Å²) in [5.74, 6) is 2.43. The number of carbonyl (C=O) groups is 1. The minimum Gasteiger partial charge on any atom is -0.443 e. The molecule has 2 aromatic rings. The van der Waals surface area contributed by atoms with Crippen molar-refractivity contribution in [3.8, 4) is 18.0 Å². The Kier molecular flexibility index (Phi) is 4.92. The number of hydrogen-bond acceptors (Lipinski definition) is 4. The molecule has 0 aliphatic carbocycles. The summed E-state index contributed by atoms with van der Waals surface area (Å²) in [6.45, 7) is 5.35. The van der Waals surface area contributed by atoms with Gasteiger partial charge in [-0.2, -0.15) is 5.10 Å². The molecule has 1 amide bonds. The third-order valence-corrected chi connectivity index (χ3v) is 2.99. The predicted octanol–water partition coefficient (Wildman–Crippen LogP) is 3.30. The first-order chi connectivity index (χ1) is 10.8. The highest BCUT2D eigenvalue weighted by atomic mass is 35.5. The Hall–Kier alpha value is -2.52. The molecule has 120 valence electrons. The molecule has 0 saturated carbocycles. The van der Waals surface area contributed by atoms with Crippen molar-refractivity contribution in [2.45, 2.75) is 26.4 Å². The van der Waals surface area contributed by atoms with E-state index in [1.165, 1.54) is 9.58 Å². The van der Waals surface area contributed by atoms with Crippen LogP contribution in [0.5, 0.6) is 0 Å². The molecule has 0 aromatic carbocycles. The van der Waals surface area contributed by atoms with Crippen LogP contribution >= 0.6 is 11.6 Å². The molecule has 0 saturated heterocycles. The normalized spacial score (nSPS) is 10.9. The van der Waals surface area contributed by atoms with Crippen LogP contribution in [0.2, 0.25) is 5.15 Å². The van der Waals surface area contributed by atoms with Gasteiger partial charge >= 0.3 is 6.09 Å². The standard InChI is InChI=1S/C16H17ClN4O2/c1-5-9-20(15(22)23-16(2,3)4)13-11-21(19-14(13)17)12-7-6-8-18-10-12/h1,6-8,10-11H,9H2,2-4H3. The van der Waals surface area contributed by atoms with Crippen molar-refractivity contribution in [1.29, 1.82) is 0 Å². The maximum absolute atomic E-state index is 12.3. The van der Waals surface area contributed by atoms with Crippen LogP contribution < -0.4 is 4.90 Å². The molecular weight excluding hydrogens is 316 g/mol. The number of anilines is 1. The van der Waals surface area contributed by atoms with E-state index >= 15 is 0 Å². The van der Waals surface area contributed by atoms with Crippen molar-refractivity contribution in [3.63, 3.8) is 0 Å². The number of amides is 1. The van der Waals surface area contributed by atoms with Crippen molar-refractivity contribution in [1.82, 2.24) is 14.8 Å². The van der Waals surface area contributed by atoms with Crippen LogP contribution in [0.25, 0.3) is 5.69 Å². The number of rotatable bonds is 3. The summed E-state index contributed by atoms with van der Waals surface area (Å²) < 4.78 is 6.89. The highest BCUT2D eigenvalue weighted by molar-refractivity contribution is 6.32. The van der Waals surface area contributed by atoms with Gasteiger partial charge in [0.25, 0.3) is 0 Å². The van der Waals surface area contributed by atoms with E-state index in [0.717, 1.165) is 0 Å². The molecule has 0 atom stereocenters. The second kappa shape index (κ2) is 6.71. The van der Waals surface area contributed by atoms with E-state index in [2.05, 4.69) is 16.0 Å². The zero-order valence-electron chi connectivity index (χ0n) is 13.2. The third kappa shape index (κ3) is 4.24. The van der Waals surface area contributed by atoms with E-state index in [1.54, 1.807) is 45.4 Å². The average Bonchev–Trinajstić information content (AvgIpc) is 2.85. The van der Waals surface area contributed by atoms with Gasteiger partial charge in [0.15, 0.2) is 5.15 Å². The number of aromatic nitrogens is 3. The Morgan fingerprint density at radius 3 is 2.83 bits per heavy atom. The number of nitrogens with zero attached hydrogens (tertiary/aromatic N) is 4. The van der Waals surface area contributed by atoms with Gasteiger partial charge in [0.05, 0.1) is 24.6 Å². The molecule has 2 heterocycles. The van der Waals surface area contributed by atoms with E-state index in [1.807, 2.05) is 6.07 Å². The van der Waals surface area contributed by atoms with Gasteiger partial charge in [-0.3, -0.25) is 9.88 Å². The van der Waals surface area contributed by atoms with Crippen molar-refractivity contribution < 1.29 is 9.53 Å². The SMILES string of the molecule is C#CCN(C(=O)OC(C)(C)C)c1cn(-c2cccnc2)nc1Cl. The van der Waals surface area contributed by atoms with E-state index in [0.29, 0.717) is 11.4 Å². The molecule has 0 spiro atoms. The quantitative estimate of drug-likeness (QED) is 0.809. The monoisotopic (exact) mass is 332 g/mol. The van der Waals surface area contributed by atoms with Crippen molar-refractivity contribution >= 4 is 23.4 Å². The topological polar surface area (TPSA) is 60.2 Å². The molecule has 2 aromatic heterocycles. The minimum atomic E-state index is -0.643. The van der Waals surface area contributed by atoms with Crippen molar-refractivity contribution in [2.24, 2.45) is 0 Å². The van der Waals surface area contributed by atoms with Gasteiger partial charge in [-0.15, -0.1) is 6.42 Å². The van der Waals surface area contributed by atoms with E-state index < -0.39 is 11.7 Å². The van der Waals surface area contributed by atoms with Gasteiger partial charge in [0.1, 0.15) is 11.3 Å². The summed E-state index contributed by atoms with van der Waals surface area (Å²) in [6, 6.07) is 3.59. The molecule has 2 rings (SSSR count). The summed E-state index contributed by atoms with van der Waals surface area (Å²) in [6.07, 6.45) is 9.67. The number of carbonyl (C=O) groups excluding carboxylic acids is 1.